The van der Waals surface area contributed by atoms with Gasteiger partial charge in [0, 0.05) is 9.86 Å². The molecular weight excluding hydrogens is 248 g/mol. The van der Waals surface area contributed by atoms with Crippen LogP contribution in [0.2, 0.25) is 0 Å². The van der Waals surface area contributed by atoms with E-state index in [1.165, 1.54) is 0 Å². The monoisotopic (exact) mass is 254 g/mol. The minimum atomic E-state index is -1.03. The maximum atomic E-state index is 10.8. The highest BCUT2D eigenvalue weighted by atomic mass is 79.9. The van der Waals surface area contributed by atoms with E-state index in [0.717, 1.165) is 15.6 Å². The van der Waals surface area contributed by atoms with Crippen LogP contribution in [0, 0.1) is 6.92 Å². The Morgan fingerprint density at radius 2 is 2.29 bits per heavy atom. The number of aromatic nitrogens is 2. The number of nitrogens with one attached hydrogen (secondary N) is 1. The summed E-state index contributed by atoms with van der Waals surface area (Å²) in [6, 6.07) is 3.71. The smallest absolute Gasteiger partial charge is 0.357 e. The van der Waals surface area contributed by atoms with Gasteiger partial charge in [-0.25, -0.2) is 4.79 Å². The van der Waals surface area contributed by atoms with Crippen molar-refractivity contribution >= 4 is 32.8 Å². The number of hydrogen-bond donors (Lipinski definition) is 2. The summed E-state index contributed by atoms with van der Waals surface area (Å²) in [7, 11) is 0. The molecule has 0 amide bonds. The number of H-pyrrole nitrogens is 1. The molecule has 0 aliphatic carbocycles. The van der Waals surface area contributed by atoms with Crippen LogP contribution in [0.1, 0.15) is 16.1 Å². The first-order valence-corrected chi connectivity index (χ1v) is 4.77. The molecule has 0 bridgehead atoms. The highest BCUT2D eigenvalue weighted by molar-refractivity contribution is 9.10. The van der Waals surface area contributed by atoms with Gasteiger partial charge in [0.15, 0.2) is 5.69 Å². The Kier molecular flexibility index (Phi) is 2.03. The first-order valence-electron chi connectivity index (χ1n) is 3.97. The van der Waals surface area contributed by atoms with E-state index < -0.39 is 5.97 Å². The molecule has 2 N–H and O–H groups in total. The zero-order valence-corrected chi connectivity index (χ0v) is 8.92. The first kappa shape index (κ1) is 9.21. The molecule has 0 saturated carbocycles. The van der Waals surface area contributed by atoms with Crippen molar-refractivity contribution in [3.8, 4) is 0 Å². The Morgan fingerprint density at radius 1 is 1.57 bits per heavy atom. The number of nitrogens with zero attached hydrogens (tertiary/aromatic N) is 1. The second kappa shape index (κ2) is 3.09. The van der Waals surface area contributed by atoms with Crippen molar-refractivity contribution in [2.45, 2.75) is 6.92 Å². The van der Waals surface area contributed by atoms with Crippen LogP contribution in [0.4, 0.5) is 0 Å². The maximum Gasteiger partial charge on any atom is 0.357 e. The molecule has 0 aliphatic rings. The molecule has 0 radical (unpaired) electrons. The highest BCUT2D eigenvalue weighted by Crippen LogP contribution is 2.28. The number of carbonyl (C=O) groups is 1. The van der Waals surface area contributed by atoms with Crippen LogP contribution in [0.25, 0.3) is 10.9 Å². The summed E-state index contributed by atoms with van der Waals surface area (Å²) in [5, 5.41) is 15.9. The zero-order chi connectivity index (χ0) is 10.3. The van der Waals surface area contributed by atoms with Crippen molar-refractivity contribution in [2.75, 3.05) is 0 Å². The standard InChI is InChI=1S/C9H7BrN2O2/c1-4-2-3-5-6(7(4)10)8(9(13)14)12-11-5/h2-3H,1H3,(H,11,12)(H,13,14). The summed E-state index contributed by atoms with van der Waals surface area (Å²) in [5.41, 5.74) is 1.76. The molecular formula is C9H7BrN2O2. The van der Waals surface area contributed by atoms with Crippen molar-refractivity contribution in [3.63, 3.8) is 0 Å². The minimum absolute atomic E-state index is 0.0515. The van der Waals surface area contributed by atoms with Crippen LogP contribution in [0.5, 0.6) is 0 Å². The third-order valence-corrected chi connectivity index (χ3v) is 3.08. The van der Waals surface area contributed by atoms with E-state index in [-0.39, 0.29) is 5.69 Å². The molecule has 0 fully saturated rings. The second-order valence-corrected chi connectivity index (χ2v) is 3.79. The number of aromatic carboxylic acids is 1. The summed E-state index contributed by atoms with van der Waals surface area (Å²) in [5.74, 6) is -1.03. The van der Waals surface area contributed by atoms with Gasteiger partial charge < -0.3 is 5.11 Å². The minimum Gasteiger partial charge on any atom is -0.476 e. The van der Waals surface area contributed by atoms with Crippen molar-refractivity contribution in [1.29, 1.82) is 0 Å². The third-order valence-electron chi connectivity index (χ3n) is 2.06. The van der Waals surface area contributed by atoms with E-state index in [4.69, 9.17) is 5.11 Å². The van der Waals surface area contributed by atoms with Crippen LogP contribution >= 0.6 is 15.9 Å². The molecule has 0 atom stereocenters. The van der Waals surface area contributed by atoms with Crippen LogP contribution in [-0.2, 0) is 0 Å². The summed E-state index contributed by atoms with van der Waals surface area (Å²) < 4.78 is 0.779. The first-order chi connectivity index (χ1) is 6.61. The maximum absolute atomic E-state index is 10.8. The fourth-order valence-corrected chi connectivity index (χ4v) is 1.87. The van der Waals surface area contributed by atoms with Gasteiger partial charge in [0.05, 0.1) is 5.52 Å². The topological polar surface area (TPSA) is 66.0 Å². The predicted molar refractivity (Wildman–Crippen MR) is 55.5 cm³/mol. The van der Waals surface area contributed by atoms with Crippen LogP contribution < -0.4 is 0 Å². The van der Waals surface area contributed by atoms with E-state index in [9.17, 15) is 4.79 Å². The van der Waals surface area contributed by atoms with E-state index in [1.807, 2.05) is 19.1 Å². The fourth-order valence-electron chi connectivity index (χ4n) is 1.33. The Bertz CT molecular complexity index is 519. The number of fused-ring (bicyclic) bond motifs is 1. The molecule has 0 aliphatic heterocycles. The van der Waals surface area contributed by atoms with Gasteiger partial charge in [-0.1, -0.05) is 6.07 Å². The number of benzene rings is 1. The van der Waals surface area contributed by atoms with E-state index in [0.29, 0.717) is 5.39 Å². The lowest BCUT2D eigenvalue weighted by Crippen LogP contribution is -1.97. The molecule has 2 aromatic rings. The van der Waals surface area contributed by atoms with Crippen molar-refractivity contribution in [2.24, 2.45) is 0 Å². The molecule has 5 heteroatoms. The van der Waals surface area contributed by atoms with Crippen molar-refractivity contribution in [1.82, 2.24) is 10.2 Å². The molecule has 1 aromatic heterocycles. The number of halogens is 1. The Labute approximate surface area is 88.1 Å². The fraction of sp³-hybridized carbons (Fsp3) is 0.111. The van der Waals surface area contributed by atoms with Crippen LogP contribution in [0.15, 0.2) is 16.6 Å². The number of carboxylic acids is 1. The lowest BCUT2D eigenvalue weighted by Gasteiger charge is -1.98. The van der Waals surface area contributed by atoms with E-state index >= 15 is 0 Å². The Balaban J connectivity index is 2.89. The van der Waals surface area contributed by atoms with Gasteiger partial charge in [-0.15, -0.1) is 0 Å². The largest absolute Gasteiger partial charge is 0.476 e. The van der Waals surface area contributed by atoms with Gasteiger partial charge >= 0.3 is 5.97 Å². The quantitative estimate of drug-likeness (QED) is 0.821. The summed E-state index contributed by atoms with van der Waals surface area (Å²) >= 11 is 3.36. The summed E-state index contributed by atoms with van der Waals surface area (Å²) in [4.78, 5) is 10.8. The lowest BCUT2D eigenvalue weighted by atomic mass is 10.1. The molecule has 0 saturated heterocycles. The SMILES string of the molecule is Cc1ccc2[nH]nc(C(=O)O)c2c1Br. The predicted octanol–water partition coefficient (Wildman–Crippen LogP) is 2.33. The molecule has 0 spiro atoms. The second-order valence-electron chi connectivity index (χ2n) is 3.00. The molecule has 2 rings (SSSR count). The average molecular weight is 255 g/mol. The molecule has 0 unspecified atom stereocenters. The van der Waals surface area contributed by atoms with Crippen LogP contribution in [-0.4, -0.2) is 21.3 Å². The van der Waals surface area contributed by atoms with E-state index in [2.05, 4.69) is 26.1 Å². The molecule has 14 heavy (non-hydrogen) atoms. The van der Waals surface area contributed by atoms with Crippen LogP contribution in [0.3, 0.4) is 0 Å². The normalized spacial score (nSPS) is 10.7. The third kappa shape index (κ3) is 1.21. The van der Waals surface area contributed by atoms with Gasteiger partial charge in [0.25, 0.3) is 0 Å². The number of aromatic amines is 1. The summed E-state index contributed by atoms with van der Waals surface area (Å²) in [6.07, 6.45) is 0. The number of aryl methyl sites for hydroxylation is 1. The van der Waals surface area contributed by atoms with Gasteiger partial charge in [-0.05, 0) is 34.5 Å². The highest BCUT2D eigenvalue weighted by Gasteiger charge is 2.15. The number of carboxylic acid groups (broad SMARTS) is 1. The van der Waals surface area contributed by atoms with Gasteiger partial charge in [0.1, 0.15) is 0 Å². The Morgan fingerprint density at radius 3 is 2.93 bits per heavy atom. The molecule has 72 valence electrons. The van der Waals surface area contributed by atoms with Crippen molar-refractivity contribution < 1.29 is 9.90 Å². The lowest BCUT2D eigenvalue weighted by molar-refractivity contribution is 0.0692. The van der Waals surface area contributed by atoms with E-state index in [1.54, 1.807) is 0 Å². The van der Waals surface area contributed by atoms with Crippen molar-refractivity contribution in [3.05, 3.63) is 27.9 Å². The number of hydrogen-bond acceptors (Lipinski definition) is 2. The summed E-state index contributed by atoms with van der Waals surface area (Å²) in [6.45, 7) is 1.90. The van der Waals surface area contributed by atoms with Gasteiger partial charge in [-0.3, -0.25) is 5.10 Å². The Hall–Kier alpha value is -1.36. The zero-order valence-electron chi connectivity index (χ0n) is 7.34. The van der Waals surface area contributed by atoms with Gasteiger partial charge in [0.2, 0.25) is 0 Å². The molecule has 4 nitrogen and oxygen atoms in total. The molecule has 1 aromatic carbocycles. The number of rotatable bonds is 1. The average Bonchev–Trinajstić information content (AvgIpc) is 2.55. The molecule has 1 heterocycles. The van der Waals surface area contributed by atoms with Gasteiger partial charge in [-0.2, -0.15) is 5.10 Å².